The summed E-state index contributed by atoms with van der Waals surface area (Å²) in [4.78, 5) is 15.2. The van der Waals surface area contributed by atoms with E-state index in [0.717, 1.165) is 5.69 Å². The molecule has 0 aliphatic rings. The minimum Gasteiger partial charge on any atom is -0.273 e. The molecule has 4 heteroatoms. The molecule has 0 fully saturated rings. The van der Waals surface area contributed by atoms with Gasteiger partial charge in [0.25, 0.3) is 0 Å². The molecule has 0 atom stereocenters. The summed E-state index contributed by atoms with van der Waals surface area (Å²) in [5.74, 6) is 0.271. The van der Waals surface area contributed by atoms with Crippen molar-refractivity contribution < 1.29 is 4.79 Å². The first-order chi connectivity index (χ1) is 7.18. The summed E-state index contributed by atoms with van der Waals surface area (Å²) in [5.41, 5.74) is 3.18. The van der Waals surface area contributed by atoms with Gasteiger partial charge in [-0.05, 0) is 18.1 Å². The first kappa shape index (κ1) is 11.4. The molecule has 1 aromatic heterocycles. The zero-order valence-corrected chi connectivity index (χ0v) is 8.97. The Morgan fingerprint density at radius 3 is 3.00 bits per heavy atom. The highest BCUT2D eigenvalue weighted by Gasteiger charge is 2.01. The van der Waals surface area contributed by atoms with Gasteiger partial charge in [-0.25, -0.2) is 5.43 Å². The van der Waals surface area contributed by atoms with Crippen LogP contribution in [0.15, 0.2) is 29.5 Å². The molecule has 80 valence electrons. The average Bonchev–Trinajstić information content (AvgIpc) is 2.18. The fourth-order valence-corrected chi connectivity index (χ4v) is 1.04. The monoisotopic (exact) mass is 205 g/mol. The van der Waals surface area contributed by atoms with E-state index in [1.54, 1.807) is 6.20 Å². The molecule has 4 nitrogen and oxygen atoms in total. The molecular weight excluding hydrogens is 190 g/mol. The van der Waals surface area contributed by atoms with E-state index >= 15 is 0 Å². The zero-order valence-electron chi connectivity index (χ0n) is 8.97. The van der Waals surface area contributed by atoms with Crippen LogP contribution in [0.1, 0.15) is 26.0 Å². The molecule has 0 saturated heterocycles. The molecule has 0 unspecified atom stereocenters. The summed E-state index contributed by atoms with van der Waals surface area (Å²) >= 11 is 0. The van der Waals surface area contributed by atoms with Crippen LogP contribution in [0.2, 0.25) is 0 Å². The molecule has 0 aliphatic heterocycles. The molecular formula is C11H15N3O. The third-order valence-corrected chi connectivity index (χ3v) is 1.67. The fourth-order valence-electron chi connectivity index (χ4n) is 1.04. The van der Waals surface area contributed by atoms with Gasteiger partial charge < -0.3 is 0 Å². The van der Waals surface area contributed by atoms with Crippen molar-refractivity contribution in [2.45, 2.75) is 20.3 Å². The second kappa shape index (κ2) is 5.90. The highest BCUT2D eigenvalue weighted by molar-refractivity contribution is 5.80. The summed E-state index contributed by atoms with van der Waals surface area (Å²) < 4.78 is 0. The molecule has 0 radical (unpaired) electrons. The van der Waals surface area contributed by atoms with Crippen molar-refractivity contribution in [1.82, 2.24) is 10.4 Å². The van der Waals surface area contributed by atoms with Crippen molar-refractivity contribution in [3.05, 3.63) is 30.1 Å². The van der Waals surface area contributed by atoms with Gasteiger partial charge in [0.2, 0.25) is 5.91 Å². The third kappa shape index (κ3) is 4.90. The van der Waals surface area contributed by atoms with Crippen LogP contribution in [0.5, 0.6) is 0 Å². The number of carbonyl (C=O) groups is 1. The molecule has 0 saturated carbocycles. The van der Waals surface area contributed by atoms with Crippen LogP contribution in [-0.4, -0.2) is 17.1 Å². The number of nitrogens with one attached hydrogen (secondary N) is 1. The quantitative estimate of drug-likeness (QED) is 0.599. The van der Waals surface area contributed by atoms with Crippen molar-refractivity contribution in [2.24, 2.45) is 11.0 Å². The van der Waals surface area contributed by atoms with Crippen LogP contribution in [0.25, 0.3) is 0 Å². The molecule has 0 aliphatic carbocycles. The van der Waals surface area contributed by atoms with Crippen molar-refractivity contribution in [2.75, 3.05) is 0 Å². The largest absolute Gasteiger partial charge is 0.273 e. The highest BCUT2D eigenvalue weighted by Crippen LogP contribution is 1.97. The number of hydrogen-bond acceptors (Lipinski definition) is 3. The van der Waals surface area contributed by atoms with Crippen LogP contribution in [-0.2, 0) is 4.79 Å². The fraction of sp³-hybridized carbons (Fsp3) is 0.364. The van der Waals surface area contributed by atoms with E-state index in [9.17, 15) is 4.79 Å². The maximum Gasteiger partial charge on any atom is 0.240 e. The Hall–Kier alpha value is -1.71. The number of hydrogen-bond donors (Lipinski definition) is 1. The number of hydrazone groups is 1. The Morgan fingerprint density at radius 1 is 1.60 bits per heavy atom. The number of aromatic nitrogens is 1. The van der Waals surface area contributed by atoms with Crippen LogP contribution in [0.4, 0.5) is 0 Å². The van der Waals surface area contributed by atoms with E-state index in [1.165, 1.54) is 6.21 Å². The van der Waals surface area contributed by atoms with Crippen molar-refractivity contribution in [3.8, 4) is 0 Å². The molecule has 0 aromatic carbocycles. The Kier molecular flexibility index (Phi) is 4.47. The zero-order chi connectivity index (χ0) is 11.1. The minimum absolute atomic E-state index is 0.0721. The first-order valence-corrected chi connectivity index (χ1v) is 4.91. The molecule has 1 heterocycles. The van der Waals surface area contributed by atoms with Gasteiger partial charge in [0, 0.05) is 12.6 Å². The van der Waals surface area contributed by atoms with Crippen molar-refractivity contribution in [1.29, 1.82) is 0 Å². The number of pyridine rings is 1. The van der Waals surface area contributed by atoms with Gasteiger partial charge in [-0.3, -0.25) is 9.78 Å². The first-order valence-electron chi connectivity index (χ1n) is 4.91. The molecule has 0 spiro atoms. The second-order valence-corrected chi connectivity index (χ2v) is 3.65. The van der Waals surface area contributed by atoms with E-state index in [-0.39, 0.29) is 5.91 Å². The summed E-state index contributed by atoms with van der Waals surface area (Å²) in [7, 11) is 0. The molecule has 1 amide bonds. The van der Waals surface area contributed by atoms with Gasteiger partial charge in [0.1, 0.15) is 0 Å². The maximum atomic E-state index is 11.2. The third-order valence-electron chi connectivity index (χ3n) is 1.67. The summed E-state index contributed by atoms with van der Waals surface area (Å²) in [6.45, 7) is 3.98. The number of rotatable bonds is 4. The molecule has 15 heavy (non-hydrogen) atoms. The van der Waals surface area contributed by atoms with E-state index in [2.05, 4.69) is 15.5 Å². The summed E-state index contributed by atoms with van der Waals surface area (Å²) in [6.07, 6.45) is 3.69. The maximum absolute atomic E-state index is 11.2. The highest BCUT2D eigenvalue weighted by atomic mass is 16.2. The van der Waals surface area contributed by atoms with Gasteiger partial charge in [-0.15, -0.1) is 0 Å². The number of amides is 1. The lowest BCUT2D eigenvalue weighted by Crippen LogP contribution is -2.19. The Labute approximate surface area is 89.4 Å². The predicted molar refractivity (Wildman–Crippen MR) is 59.4 cm³/mol. The Morgan fingerprint density at radius 2 is 2.40 bits per heavy atom. The van der Waals surface area contributed by atoms with Crippen LogP contribution in [0, 0.1) is 5.92 Å². The van der Waals surface area contributed by atoms with Crippen molar-refractivity contribution in [3.63, 3.8) is 0 Å². The van der Waals surface area contributed by atoms with E-state index in [1.807, 2.05) is 32.0 Å². The summed E-state index contributed by atoms with van der Waals surface area (Å²) in [5, 5.41) is 3.81. The number of carbonyl (C=O) groups excluding carboxylic acids is 1. The molecule has 1 aromatic rings. The van der Waals surface area contributed by atoms with Gasteiger partial charge in [0.15, 0.2) is 0 Å². The lowest BCUT2D eigenvalue weighted by atomic mass is 10.1. The Bertz CT molecular complexity index is 333. The smallest absolute Gasteiger partial charge is 0.240 e. The van der Waals surface area contributed by atoms with Gasteiger partial charge in [-0.1, -0.05) is 19.9 Å². The SMILES string of the molecule is CC(C)CC(=O)N/N=C/c1ccccn1. The number of nitrogens with zero attached hydrogens (tertiary/aromatic N) is 2. The topological polar surface area (TPSA) is 54.4 Å². The molecule has 0 bridgehead atoms. The normalized spacial score (nSPS) is 10.9. The van der Waals surface area contributed by atoms with Crippen molar-refractivity contribution >= 4 is 12.1 Å². The predicted octanol–water partition coefficient (Wildman–Crippen LogP) is 1.58. The lowest BCUT2D eigenvalue weighted by Gasteiger charge is -2.01. The lowest BCUT2D eigenvalue weighted by molar-refractivity contribution is -0.121. The van der Waals surface area contributed by atoms with Crippen LogP contribution < -0.4 is 5.43 Å². The van der Waals surface area contributed by atoms with Gasteiger partial charge in [0.05, 0.1) is 11.9 Å². The summed E-state index contributed by atoms with van der Waals surface area (Å²) in [6, 6.07) is 5.51. The van der Waals surface area contributed by atoms with E-state index < -0.39 is 0 Å². The van der Waals surface area contributed by atoms with Crippen LogP contribution >= 0.6 is 0 Å². The second-order valence-electron chi connectivity index (χ2n) is 3.65. The Balaban J connectivity index is 2.37. The molecule has 1 N–H and O–H groups in total. The van der Waals surface area contributed by atoms with Gasteiger partial charge in [-0.2, -0.15) is 5.10 Å². The average molecular weight is 205 g/mol. The van der Waals surface area contributed by atoms with Crippen LogP contribution in [0.3, 0.4) is 0 Å². The molecule has 1 rings (SSSR count). The minimum atomic E-state index is -0.0721. The van der Waals surface area contributed by atoms with E-state index in [4.69, 9.17) is 0 Å². The van der Waals surface area contributed by atoms with E-state index in [0.29, 0.717) is 12.3 Å². The standard InChI is InChI=1S/C11H15N3O/c1-9(2)7-11(15)14-13-8-10-5-3-4-6-12-10/h3-6,8-9H,7H2,1-2H3,(H,14,15)/b13-8+. The van der Waals surface area contributed by atoms with Gasteiger partial charge >= 0.3 is 0 Å².